The summed E-state index contributed by atoms with van der Waals surface area (Å²) in [5.74, 6) is 2.97. The second kappa shape index (κ2) is 7.37. The summed E-state index contributed by atoms with van der Waals surface area (Å²) in [5, 5.41) is 7.57. The molecule has 0 radical (unpaired) electrons. The van der Waals surface area contributed by atoms with Gasteiger partial charge in [-0.05, 0) is 37.5 Å². The third-order valence-corrected chi connectivity index (χ3v) is 3.00. The standard InChI is InChI=1S/C10H20.C2H6O/c1-8(2)10-6-4-9(3)5-7-10;1-2-3/h8-10H,4-7H2,1-3H3;3H,2H2,1H3. The lowest BCUT2D eigenvalue weighted by atomic mass is 9.78. The first-order chi connectivity index (χ1) is 6.11. The molecule has 0 heterocycles. The van der Waals surface area contributed by atoms with Crippen molar-refractivity contribution in [2.45, 2.75) is 53.4 Å². The Balaban J connectivity index is 0.000000424. The molecule has 0 saturated heterocycles. The van der Waals surface area contributed by atoms with Crippen LogP contribution in [0.1, 0.15) is 53.4 Å². The van der Waals surface area contributed by atoms with Crippen LogP contribution in [0.3, 0.4) is 0 Å². The largest absolute Gasteiger partial charge is 0.397 e. The minimum atomic E-state index is 0.250. The predicted molar refractivity (Wildman–Crippen MR) is 58.7 cm³/mol. The topological polar surface area (TPSA) is 20.2 Å². The molecule has 1 fully saturated rings. The van der Waals surface area contributed by atoms with Gasteiger partial charge in [0.2, 0.25) is 0 Å². The lowest BCUT2D eigenvalue weighted by Gasteiger charge is -2.28. The normalized spacial score (nSPS) is 28.2. The van der Waals surface area contributed by atoms with Crippen LogP contribution in [-0.2, 0) is 0 Å². The summed E-state index contributed by atoms with van der Waals surface area (Å²) < 4.78 is 0. The van der Waals surface area contributed by atoms with Crippen LogP contribution in [0.2, 0.25) is 0 Å². The van der Waals surface area contributed by atoms with E-state index in [4.69, 9.17) is 5.11 Å². The van der Waals surface area contributed by atoms with Crippen LogP contribution >= 0.6 is 0 Å². The van der Waals surface area contributed by atoms with Crippen molar-refractivity contribution < 1.29 is 5.11 Å². The molecule has 0 unspecified atom stereocenters. The summed E-state index contributed by atoms with van der Waals surface area (Å²) in [6.07, 6.45) is 5.92. The van der Waals surface area contributed by atoms with E-state index in [1.54, 1.807) is 6.92 Å². The Kier molecular flexibility index (Phi) is 7.35. The van der Waals surface area contributed by atoms with Gasteiger partial charge in [0.25, 0.3) is 0 Å². The summed E-state index contributed by atoms with van der Waals surface area (Å²) in [6, 6.07) is 0. The lowest BCUT2D eigenvalue weighted by Crippen LogP contribution is -2.16. The zero-order chi connectivity index (χ0) is 10.3. The fourth-order valence-electron chi connectivity index (χ4n) is 1.95. The van der Waals surface area contributed by atoms with E-state index in [1.165, 1.54) is 25.7 Å². The molecule has 0 aliphatic heterocycles. The first-order valence-electron chi connectivity index (χ1n) is 5.72. The highest BCUT2D eigenvalue weighted by Gasteiger charge is 2.19. The molecule has 1 aliphatic carbocycles. The molecule has 0 spiro atoms. The van der Waals surface area contributed by atoms with Crippen LogP contribution in [0.25, 0.3) is 0 Å². The van der Waals surface area contributed by atoms with Crippen LogP contribution in [0.5, 0.6) is 0 Å². The highest BCUT2D eigenvalue weighted by molar-refractivity contribution is 4.71. The van der Waals surface area contributed by atoms with Crippen molar-refractivity contribution in [2.24, 2.45) is 17.8 Å². The zero-order valence-electron chi connectivity index (χ0n) is 9.71. The molecule has 0 aromatic carbocycles. The Labute approximate surface area is 83.5 Å². The van der Waals surface area contributed by atoms with E-state index in [-0.39, 0.29) is 6.61 Å². The van der Waals surface area contributed by atoms with Crippen LogP contribution < -0.4 is 0 Å². The Morgan fingerprint density at radius 1 is 1.15 bits per heavy atom. The van der Waals surface area contributed by atoms with Crippen LogP contribution in [0.4, 0.5) is 0 Å². The number of rotatable bonds is 1. The maximum absolute atomic E-state index is 7.57. The first-order valence-corrected chi connectivity index (χ1v) is 5.72. The maximum atomic E-state index is 7.57. The molecule has 1 N–H and O–H groups in total. The van der Waals surface area contributed by atoms with Gasteiger partial charge in [-0.25, -0.2) is 0 Å². The van der Waals surface area contributed by atoms with Crippen LogP contribution in [0.15, 0.2) is 0 Å². The summed E-state index contributed by atoms with van der Waals surface area (Å²) in [6.45, 7) is 9.04. The Morgan fingerprint density at radius 2 is 1.54 bits per heavy atom. The number of hydrogen-bond donors (Lipinski definition) is 1. The molecule has 80 valence electrons. The number of aliphatic hydroxyl groups excluding tert-OH is 1. The van der Waals surface area contributed by atoms with Crippen molar-refractivity contribution in [1.82, 2.24) is 0 Å². The molecule has 0 bridgehead atoms. The molecule has 1 rings (SSSR count). The smallest absolute Gasteiger partial charge is 0.0402 e. The van der Waals surface area contributed by atoms with Gasteiger partial charge in [0.1, 0.15) is 0 Å². The molecule has 1 heteroatoms. The highest BCUT2D eigenvalue weighted by Crippen LogP contribution is 2.32. The molecule has 0 amide bonds. The fraction of sp³-hybridized carbons (Fsp3) is 1.00. The fourth-order valence-corrected chi connectivity index (χ4v) is 1.95. The van der Waals surface area contributed by atoms with Gasteiger partial charge in [0, 0.05) is 6.61 Å². The van der Waals surface area contributed by atoms with E-state index in [1.807, 2.05) is 0 Å². The van der Waals surface area contributed by atoms with Gasteiger partial charge < -0.3 is 5.11 Å². The van der Waals surface area contributed by atoms with E-state index >= 15 is 0 Å². The van der Waals surface area contributed by atoms with Gasteiger partial charge in [0.15, 0.2) is 0 Å². The van der Waals surface area contributed by atoms with Crippen molar-refractivity contribution in [1.29, 1.82) is 0 Å². The third-order valence-electron chi connectivity index (χ3n) is 3.00. The minimum Gasteiger partial charge on any atom is -0.397 e. The predicted octanol–water partition coefficient (Wildman–Crippen LogP) is 3.47. The van der Waals surface area contributed by atoms with Crippen molar-refractivity contribution in [2.75, 3.05) is 6.61 Å². The van der Waals surface area contributed by atoms with E-state index < -0.39 is 0 Å². The Hall–Kier alpha value is -0.0400. The van der Waals surface area contributed by atoms with Crippen molar-refractivity contribution in [3.63, 3.8) is 0 Å². The summed E-state index contributed by atoms with van der Waals surface area (Å²) in [4.78, 5) is 0. The highest BCUT2D eigenvalue weighted by atomic mass is 16.2. The van der Waals surface area contributed by atoms with E-state index in [0.717, 1.165) is 17.8 Å². The molecule has 1 aliphatic rings. The van der Waals surface area contributed by atoms with Crippen LogP contribution in [-0.4, -0.2) is 11.7 Å². The molecular weight excluding hydrogens is 160 g/mol. The van der Waals surface area contributed by atoms with Gasteiger partial charge in [-0.1, -0.05) is 33.6 Å². The molecule has 0 atom stereocenters. The van der Waals surface area contributed by atoms with Crippen LogP contribution in [0, 0.1) is 17.8 Å². The van der Waals surface area contributed by atoms with Gasteiger partial charge >= 0.3 is 0 Å². The number of aliphatic hydroxyl groups is 1. The third kappa shape index (κ3) is 6.09. The van der Waals surface area contributed by atoms with Gasteiger partial charge in [-0.3, -0.25) is 0 Å². The monoisotopic (exact) mass is 186 g/mol. The SMILES string of the molecule is CC1CCC(C(C)C)CC1.CCO. The maximum Gasteiger partial charge on any atom is 0.0402 e. The van der Waals surface area contributed by atoms with Crippen molar-refractivity contribution >= 4 is 0 Å². The molecule has 0 aromatic rings. The molecule has 13 heavy (non-hydrogen) atoms. The summed E-state index contributed by atoms with van der Waals surface area (Å²) >= 11 is 0. The number of hydrogen-bond acceptors (Lipinski definition) is 1. The summed E-state index contributed by atoms with van der Waals surface area (Å²) in [7, 11) is 0. The second-order valence-electron chi connectivity index (χ2n) is 4.58. The second-order valence-corrected chi connectivity index (χ2v) is 4.58. The lowest BCUT2D eigenvalue weighted by molar-refractivity contribution is 0.234. The van der Waals surface area contributed by atoms with E-state index in [9.17, 15) is 0 Å². The molecular formula is C12H26O. The van der Waals surface area contributed by atoms with Crippen molar-refractivity contribution in [3.05, 3.63) is 0 Å². The molecule has 0 aromatic heterocycles. The van der Waals surface area contributed by atoms with Gasteiger partial charge in [0.05, 0.1) is 0 Å². The Morgan fingerprint density at radius 3 is 1.85 bits per heavy atom. The van der Waals surface area contributed by atoms with E-state index in [0.29, 0.717) is 0 Å². The van der Waals surface area contributed by atoms with Crippen molar-refractivity contribution in [3.8, 4) is 0 Å². The van der Waals surface area contributed by atoms with Gasteiger partial charge in [-0.2, -0.15) is 0 Å². The first kappa shape index (κ1) is 13.0. The average Bonchev–Trinajstić information content (AvgIpc) is 2.06. The minimum absolute atomic E-state index is 0.250. The quantitative estimate of drug-likeness (QED) is 0.665. The van der Waals surface area contributed by atoms with E-state index in [2.05, 4.69) is 20.8 Å². The van der Waals surface area contributed by atoms with Gasteiger partial charge in [-0.15, -0.1) is 0 Å². The molecule has 1 nitrogen and oxygen atoms in total. The Bertz CT molecular complexity index is 102. The summed E-state index contributed by atoms with van der Waals surface area (Å²) in [5.41, 5.74) is 0. The molecule has 1 saturated carbocycles. The average molecular weight is 186 g/mol. The zero-order valence-corrected chi connectivity index (χ0v) is 9.71.